The van der Waals surface area contributed by atoms with E-state index in [1.165, 1.54) is 27.9 Å². The van der Waals surface area contributed by atoms with Crippen molar-refractivity contribution in [3.8, 4) is 0 Å². The van der Waals surface area contributed by atoms with Crippen molar-refractivity contribution < 1.29 is 4.74 Å². The predicted molar refractivity (Wildman–Crippen MR) is 76.8 cm³/mol. The quantitative estimate of drug-likeness (QED) is 0.865. The van der Waals surface area contributed by atoms with Crippen LogP contribution in [0.2, 0.25) is 0 Å². The molecule has 1 heterocycles. The molecule has 1 N–H and O–H groups in total. The van der Waals surface area contributed by atoms with Crippen molar-refractivity contribution in [2.24, 2.45) is 0 Å². The van der Waals surface area contributed by atoms with E-state index in [9.17, 15) is 0 Å². The Labute approximate surface area is 116 Å². The molecule has 2 rings (SSSR count). The molecule has 0 spiro atoms. The molecular formula is C13H20BrNOS. The highest BCUT2D eigenvalue weighted by molar-refractivity contribution is 9.11. The van der Waals surface area contributed by atoms with Gasteiger partial charge in [-0.1, -0.05) is 6.92 Å². The van der Waals surface area contributed by atoms with Gasteiger partial charge >= 0.3 is 0 Å². The van der Waals surface area contributed by atoms with Crippen LogP contribution in [0, 0.1) is 0 Å². The van der Waals surface area contributed by atoms with Crippen LogP contribution in [0.15, 0.2) is 15.9 Å². The summed E-state index contributed by atoms with van der Waals surface area (Å²) in [6, 6.07) is 4.78. The standard InChI is InChI=1S/C13H20BrNOS/c1-3-15-11(13(16-2)7-4-8-13)9-10-5-6-12(14)17-10/h5-6,11,15H,3-4,7-9H2,1-2H3. The third-order valence-corrected chi connectivity index (χ3v) is 5.37. The Morgan fingerprint density at radius 3 is 2.71 bits per heavy atom. The molecule has 0 aliphatic heterocycles. The van der Waals surface area contributed by atoms with Gasteiger partial charge in [0, 0.05) is 18.0 Å². The molecule has 1 aromatic heterocycles. The molecule has 1 atom stereocenters. The number of likely N-dealkylation sites (N-methyl/N-ethyl adjacent to an activating group) is 1. The second-order valence-electron chi connectivity index (χ2n) is 4.64. The third-order valence-electron chi connectivity index (χ3n) is 3.73. The first-order valence-corrected chi connectivity index (χ1v) is 7.84. The minimum atomic E-state index is 0.0759. The smallest absolute Gasteiger partial charge is 0.0834 e. The summed E-state index contributed by atoms with van der Waals surface area (Å²) in [6.07, 6.45) is 4.74. The van der Waals surface area contributed by atoms with Crippen LogP contribution in [0.25, 0.3) is 0 Å². The lowest BCUT2D eigenvalue weighted by Crippen LogP contribution is -2.57. The monoisotopic (exact) mass is 317 g/mol. The topological polar surface area (TPSA) is 21.3 Å². The molecule has 0 amide bonds. The summed E-state index contributed by atoms with van der Waals surface area (Å²) in [5.74, 6) is 0. The maximum Gasteiger partial charge on any atom is 0.0834 e. The summed E-state index contributed by atoms with van der Waals surface area (Å²) in [7, 11) is 1.85. The maximum atomic E-state index is 5.80. The number of rotatable bonds is 6. The molecule has 17 heavy (non-hydrogen) atoms. The molecule has 1 unspecified atom stereocenters. The second-order valence-corrected chi connectivity index (χ2v) is 7.19. The van der Waals surface area contributed by atoms with E-state index >= 15 is 0 Å². The van der Waals surface area contributed by atoms with Gasteiger partial charge in [0.2, 0.25) is 0 Å². The molecule has 1 saturated carbocycles. The fourth-order valence-corrected chi connectivity index (χ4v) is 4.10. The summed E-state index contributed by atoms with van der Waals surface area (Å²) in [5, 5.41) is 3.60. The number of nitrogens with one attached hydrogen (secondary N) is 1. The lowest BCUT2D eigenvalue weighted by Gasteiger charge is -2.46. The summed E-state index contributed by atoms with van der Waals surface area (Å²) < 4.78 is 7.01. The predicted octanol–water partition coefficient (Wildman–Crippen LogP) is 3.60. The Morgan fingerprint density at radius 2 is 2.29 bits per heavy atom. The van der Waals surface area contributed by atoms with Crippen LogP contribution in [0.4, 0.5) is 0 Å². The zero-order chi connectivity index (χ0) is 12.3. The minimum absolute atomic E-state index is 0.0759. The molecule has 1 fully saturated rings. The zero-order valence-electron chi connectivity index (χ0n) is 10.5. The van der Waals surface area contributed by atoms with E-state index in [0.29, 0.717) is 6.04 Å². The van der Waals surface area contributed by atoms with Gasteiger partial charge in [0.05, 0.1) is 9.39 Å². The molecule has 1 aliphatic carbocycles. The van der Waals surface area contributed by atoms with Crippen molar-refractivity contribution in [2.45, 2.75) is 44.2 Å². The zero-order valence-corrected chi connectivity index (χ0v) is 12.9. The molecule has 1 aromatic rings. The van der Waals surface area contributed by atoms with Crippen LogP contribution < -0.4 is 5.32 Å². The van der Waals surface area contributed by atoms with Gasteiger partial charge in [-0.05, 0) is 60.3 Å². The molecule has 2 nitrogen and oxygen atoms in total. The SMILES string of the molecule is CCNC(Cc1ccc(Br)s1)C1(OC)CCC1. The maximum absolute atomic E-state index is 5.80. The second kappa shape index (κ2) is 5.83. The van der Waals surface area contributed by atoms with Gasteiger partial charge in [-0.15, -0.1) is 11.3 Å². The largest absolute Gasteiger partial charge is 0.377 e. The molecule has 0 radical (unpaired) electrons. The molecule has 1 aliphatic rings. The van der Waals surface area contributed by atoms with Crippen LogP contribution in [-0.4, -0.2) is 25.3 Å². The first kappa shape index (κ1) is 13.5. The summed E-state index contributed by atoms with van der Waals surface area (Å²) in [4.78, 5) is 1.42. The highest BCUT2D eigenvalue weighted by Crippen LogP contribution is 2.39. The van der Waals surface area contributed by atoms with Gasteiger partial charge in [0.15, 0.2) is 0 Å². The minimum Gasteiger partial charge on any atom is -0.377 e. The van der Waals surface area contributed by atoms with E-state index in [1.54, 1.807) is 0 Å². The Morgan fingerprint density at radius 1 is 1.53 bits per heavy atom. The normalized spacial score (nSPS) is 19.9. The average molecular weight is 318 g/mol. The molecule has 0 saturated heterocycles. The van der Waals surface area contributed by atoms with E-state index in [1.807, 2.05) is 18.4 Å². The lowest BCUT2D eigenvalue weighted by atomic mass is 9.73. The van der Waals surface area contributed by atoms with Crippen molar-refractivity contribution >= 4 is 27.3 Å². The Bertz CT molecular complexity index is 357. The molecule has 4 heteroatoms. The van der Waals surface area contributed by atoms with E-state index in [2.05, 4.69) is 40.3 Å². The Balaban J connectivity index is 2.06. The first-order valence-electron chi connectivity index (χ1n) is 6.23. The highest BCUT2D eigenvalue weighted by atomic mass is 79.9. The van der Waals surface area contributed by atoms with Crippen molar-refractivity contribution in [1.82, 2.24) is 5.32 Å². The van der Waals surface area contributed by atoms with Gasteiger partial charge in [-0.2, -0.15) is 0 Å². The molecule has 96 valence electrons. The molecule has 0 bridgehead atoms. The highest BCUT2D eigenvalue weighted by Gasteiger charge is 2.44. The van der Waals surface area contributed by atoms with Crippen molar-refractivity contribution in [3.05, 3.63) is 20.8 Å². The van der Waals surface area contributed by atoms with Gasteiger partial charge in [-0.3, -0.25) is 0 Å². The number of halogens is 1. The van der Waals surface area contributed by atoms with Crippen LogP contribution in [0.3, 0.4) is 0 Å². The van der Waals surface area contributed by atoms with Gasteiger partial charge in [0.1, 0.15) is 0 Å². The fraction of sp³-hybridized carbons (Fsp3) is 0.692. The van der Waals surface area contributed by atoms with Crippen molar-refractivity contribution in [1.29, 1.82) is 0 Å². The third kappa shape index (κ3) is 2.92. The van der Waals surface area contributed by atoms with Gasteiger partial charge < -0.3 is 10.1 Å². The van der Waals surface area contributed by atoms with E-state index in [-0.39, 0.29) is 5.60 Å². The number of ether oxygens (including phenoxy) is 1. The number of hydrogen-bond donors (Lipinski definition) is 1. The number of methoxy groups -OCH3 is 1. The summed E-state index contributed by atoms with van der Waals surface area (Å²) >= 11 is 5.35. The Hall–Kier alpha value is 0.1000. The van der Waals surface area contributed by atoms with Crippen LogP contribution >= 0.6 is 27.3 Å². The molecular weight excluding hydrogens is 298 g/mol. The van der Waals surface area contributed by atoms with Crippen molar-refractivity contribution in [3.63, 3.8) is 0 Å². The van der Waals surface area contributed by atoms with Crippen LogP contribution in [0.5, 0.6) is 0 Å². The van der Waals surface area contributed by atoms with Gasteiger partial charge in [-0.25, -0.2) is 0 Å². The van der Waals surface area contributed by atoms with Gasteiger partial charge in [0.25, 0.3) is 0 Å². The number of thiophene rings is 1. The van der Waals surface area contributed by atoms with Crippen LogP contribution in [-0.2, 0) is 11.2 Å². The Kier molecular flexibility index (Phi) is 4.64. The first-order chi connectivity index (χ1) is 8.20. The lowest BCUT2D eigenvalue weighted by molar-refractivity contribution is -0.0976. The van der Waals surface area contributed by atoms with E-state index in [4.69, 9.17) is 4.74 Å². The summed E-state index contributed by atoms with van der Waals surface area (Å²) in [5.41, 5.74) is 0.0759. The van der Waals surface area contributed by atoms with E-state index < -0.39 is 0 Å². The van der Waals surface area contributed by atoms with E-state index in [0.717, 1.165) is 13.0 Å². The molecule has 0 aromatic carbocycles. The number of hydrogen-bond acceptors (Lipinski definition) is 3. The van der Waals surface area contributed by atoms with Crippen LogP contribution in [0.1, 0.15) is 31.1 Å². The fourth-order valence-electron chi connectivity index (χ4n) is 2.57. The average Bonchev–Trinajstić information content (AvgIpc) is 2.63. The van der Waals surface area contributed by atoms with Crippen molar-refractivity contribution in [2.75, 3.05) is 13.7 Å². The summed E-state index contributed by atoms with van der Waals surface area (Å²) in [6.45, 7) is 3.17.